The Hall–Kier alpha value is -3.67. The number of carbonyl (C=O) groups is 1. The molecule has 166 valence electrons. The summed E-state index contributed by atoms with van der Waals surface area (Å²) in [5.41, 5.74) is 0.0789. The highest BCUT2D eigenvalue weighted by Crippen LogP contribution is 2.35. The SMILES string of the molecule is COc1ccc(C(F)(F)F)cc1NC(=O)CSc1ccc(-c2ccc([N+](=O)[O-])cc2)nn1. The third-order valence-corrected chi connectivity index (χ3v) is 5.09. The molecule has 0 atom stereocenters. The maximum absolute atomic E-state index is 12.9. The summed E-state index contributed by atoms with van der Waals surface area (Å²) in [4.78, 5) is 22.4. The summed E-state index contributed by atoms with van der Waals surface area (Å²) in [6, 6.07) is 11.9. The minimum atomic E-state index is -4.55. The lowest BCUT2D eigenvalue weighted by Crippen LogP contribution is -2.16. The number of non-ortho nitro benzene ring substituents is 1. The lowest BCUT2D eigenvalue weighted by Gasteiger charge is -2.13. The van der Waals surface area contributed by atoms with Crippen LogP contribution in [0.5, 0.6) is 5.75 Å². The molecule has 12 heteroatoms. The number of aromatic nitrogens is 2. The van der Waals surface area contributed by atoms with Crippen LogP contribution in [0.25, 0.3) is 11.3 Å². The van der Waals surface area contributed by atoms with Gasteiger partial charge in [0.2, 0.25) is 5.91 Å². The number of nitro benzene ring substituents is 1. The van der Waals surface area contributed by atoms with E-state index in [1.807, 2.05) is 0 Å². The first kappa shape index (κ1) is 23.0. The van der Waals surface area contributed by atoms with E-state index in [1.54, 1.807) is 24.3 Å². The Morgan fingerprint density at radius 2 is 1.84 bits per heavy atom. The highest BCUT2D eigenvalue weighted by atomic mass is 32.2. The summed E-state index contributed by atoms with van der Waals surface area (Å²) in [5, 5.41) is 21.6. The van der Waals surface area contributed by atoms with Gasteiger partial charge in [-0.05, 0) is 42.5 Å². The van der Waals surface area contributed by atoms with E-state index in [2.05, 4.69) is 15.5 Å². The summed E-state index contributed by atoms with van der Waals surface area (Å²) < 4.78 is 43.8. The van der Waals surface area contributed by atoms with Crippen molar-refractivity contribution in [2.45, 2.75) is 11.2 Å². The molecule has 0 saturated carbocycles. The van der Waals surface area contributed by atoms with Gasteiger partial charge in [0.1, 0.15) is 10.8 Å². The number of hydrogen-bond acceptors (Lipinski definition) is 7. The van der Waals surface area contributed by atoms with Crippen LogP contribution in [0, 0.1) is 10.1 Å². The molecule has 32 heavy (non-hydrogen) atoms. The van der Waals surface area contributed by atoms with Gasteiger partial charge in [-0.2, -0.15) is 13.2 Å². The number of anilines is 1. The van der Waals surface area contributed by atoms with E-state index in [1.165, 1.54) is 19.2 Å². The molecule has 8 nitrogen and oxygen atoms in total. The minimum Gasteiger partial charge on any atom is -0.495 e. The van der Waals surface area contributed by atoms with Gasteiger partial charge in [-0.25, -0.2) is 0 Å². The van der Waals surface area contributed by atoms with Crippen LogP contribution < -0.4 is 10.1 Å². The quantitative estimate of drug-likeness (QED) is 0.304. The Kier molecular flexibility index (Phi) is 6.93. The molecule has 3 aromatic rings. The van der Waals surface area contributed by atoms with Gasteiger partial charge in [-0.3, -0.25) is 14.9 Å². The van der Waals surface area contributed by atoms with Crippen LogP contribution in [-0.4, -0.2) is 33.9 Å². The molecule has 0 spiro atoms. The van der Waals surface area contributed by atoms with Gasteiger partial charge < -0.3 is 10.1 Å². The van der Waals surface area contributed by atoms with Crippen LogP contribution in [0.4, 0.5) is 24.5 Å². The number of amides is 1. The zero-order chi connectivity index (χ0) is 23.3. The van der Waals surface area contributed by atoms with Crippen molar-refractivity contribution in [2.24, 2.45) is 0 Å². The Morgan fingerprint density at radius 1 is 1.12 bits per heavy atom. The number of hydrogen-bond donors (Lipinski definition) is 1. The van der Waals surface area contributed by atoms with Crippen LogP contribution in [-0.2, 0) is 11.0 Å². The van der Waals surface area contributed by atoms with E-state index in [9.17, 15) is 28.1 Å². The minimum absolute atomic E-state index is 0.0442. The predicted octanol–water partition coefficient (Wildman–Crippen LogP) is 4.81. The number of rotatable bonds is 7. The predicted molar refractivity (Wildman–Crippen MR) is 111 cm³/mol. The monoisotopic (exact) mass is 464 g/mol. The fourth-order valence-electron chi connectivity index (χ4n) is 2.61. The Labute approximate surface area is 184 Å². The number of benzene rings is 2. The van der Waals surface area contributed by atoms with E-state index in [-0.39, 0.29) is 22.9 Å². The normalized spacial score (nSPS) is 11.1. The fraction of sp³-hybridized carbons (Fsp3) is 0.150. The summed E-state index contributed by atoms with van der Waals surface area (Å²) in [6.07, 6.45) is -4.55. The zero-order valence-electron chi connectivity index (χ0n) is 16.4. The summed E-state index contributed by atoms with van der Waals surface area (Å²) in [5.74, 6) is -0.567. The lowest BCUT2D eigenvalue weighted by atomic mass is 10.1. The van der Waals surface area contributed by atoms with Crippen molar-refractivity contribution in [2.75, 3.05) is 18.2 Å². The van der Waals surface area contributed by atoms with E-state index < -0.39 is 22.6 Å². The molecular weight excluding hydrogens is 449 g/mol. The van der Waals surface area contributed by atoms with Gasteiger partial charge in [0, 0.05) is 17.7 Å². The van der Waals surface area contributed by atoms with Crippen LogP contribution >= 0.6 is 11.8 Å². The topological polar surface area (TPSA) is 107 Å². The molecule has 0 aliphatic heterocycles. The Bertz CT molecular complexity index is 1120. The first-order valence-corrected chi connectivity index (χ1v) is 9.92. The second kappa shape index (κ2) is 9.64. The first-order chi connectivity index (χ1) is 15.2. The molecule has 0 aliphatic rings. The largest absolute Gasteiger partial charge is 0.495 e. The standard InChI is InChI=1S/C20H15F3N4O4S/c1-31-17-8-4-13(20(21,22)23)10-16(17)24-18(28)11-32-19-9-7-15(25-26-19)12-2-5-14(6-3-12)27(29)30/h2-10H,11H2,1H3,(H,24,28). The Morgan fingerprint density at radius 3 is 2.41 bits per heavy atom. The maximum Gasteiger partial charge on any atom is 0.416 e. The molecule has 1 aromatic heterocycles. The molecule has 0 fully saturated rings. The number of thioether (sulfide) groups is 1. The van der Waals surface area contributed by atoms with Crippen molar-refractivity contribution >= 4 is 29.0 Å². The molecule has 0 radical (unpaired) electrons. The average molecular weight is 464 g/mol. The molecule has 1 heterocycles. The molecule has 1 amide bonds. The molecule has 0 bridgehead atoms. The number of halogens is 3. The van der Waals surface area contributed by atoms with Crippen molar-refractivity contribution in [3.63, 3.8) is 0 Å². The third-order valence-electron chi connectivity index (χ3n) is 4.17. The molecular formula is C20H15F3N4O4S. The molecule has 0 unspecified atom stereocenters. The average Bonchev–Trinajstić information content (AvgIpc) is 2.77. The summed E-state index contributed by atoms with van der Waals surface area (Å²) in [7, 11) is 1.29. The van der Waals surface area contributed by atoms with Gasteiger partial charge in [-0.15, -0.1) is 10.2 Å². The van der Waals surface area contributed by atoms with E-state index in [4.69, 9.17) is 4.74 Å². The van der Waals surface area contributed by atoms with Crippen molar-refractivity contribution in [3.05, 3.63) is 70.3 Å². The lowest BCUT2D eigenvalue weighted by molar-refractivity contribution is -0.384. The number of nitro groups is 1. The Balaban J connectivity index is 1.62. The highest BCUT2D eigenvalue weighted by molar-refractivity contribution is 7.99. The number of nitrogens with zero attached hydrogens (tertiary/aromatic N) is 3. The van der Waals surface area contributed by atoms with Gasteiger partial charge in [0.15, 0.2) is 0 Å². The van der Waals surface area contributed by atoms with Gasteiger partial charge in [0.05, 0.1) is 34.7 Å². The van der Waals surface area contributed by atoms with Crippen LogP contribution in [0.3, 0.4) is 0 Å². The second-order valence-electron chi connectivity index (χ2n) is 6.31. The van der Waals surface area contributed by atoms with Crippen LogP contribution in [0.15, 0.2) is 59.6 Å². The van der Waals surface area contributed by atoms with E-state index in [0.717, 1.165) is 30.0 Å². The van der Waals surface area contributed by atoms with Crippen molar-refractivity contribution in [3.8, 4) is 17.0 Å². The second-order valence-corrected chi connectivity index (χ2v) is 7.31. The van der Waals surface area contributed by atoms with E-state index in [0.29, 0.717) is 16.3 Å². The summed E-state index contributed by atoms with van der Waals surface area (Å²) in [6.45, 7) is 0. The van der Waals surface area contributed by atoms with Gasteiger partial charge in [-0.1, -0.05) is 11.8 Å². The van der Waals surface area contributed by atoms with Crippen LogP contribution in [0.2, 0.25) is 0 Å². The highest BCUT2D eigenvalue weighted by Gasteiger charge is 2.31. The third kappa shape index (κ3) is 5.72. The smallest absolute Gasteiger partial charge is 0.416 e. The number of nitrogens with one attached hydrogen (secondary N) is 1. The number of alkyl halides is 3. The van der Waals surface area contributed by atoms with E-state index >= 15 is 0 Å². The van der Waals surface area contributed by atoms with Crippen molar-refractivity contribution < 1.29 is 27.6 Å². The number of ether oxygens (including phenoxy) is 1. The van der Waals surface area contributed by atoms with Gasteiger partial charge >= 0.3 is 6.18 Å². The van der Waals surface area contributed by atoms with Crippen molar-refractivity contribution in [1.82, 2.24) is 10.2 Å². The molecule has 0 saturated heterocycles. The zero-order valence-corrected chi connectivity index (χ0v) is 17.2. The van der Waals surface area contributed by atoms with Gasteiger partial charge in [0.25, 0.3) is 5.69 Å². The number of carbonyl (C=O) groups excluding carboxylic acids is 1. The summed E-state index contributed by atoms with van der Waals surface area (Å²) >= 11 is 1.04. The first-order valence-electron chi connectivity index (χ1n) is 8.94. The fourth-order valence-corrected chi connectivity index (χ4v) is 3.23. The van der Waals surface area contributed by atoms with Crippen LogP contribution in [0.1, 0.15) is 5.56 Å². The maximum atomic E-state index is 12.9. The number of methoxy groups -OCH3 is 1. The van der Waals surface area contributed by atoms with Crippen molar-refractivity contribution in [1.29, 1.82) is 0 Å². The molecule has 2 aromatic carbocycles. The molecule has 3 rings (SSSR count). The molecule has 1 N–H and O–H groups in total. The molecule has 0 aliphatic carbocycles.